The van der Waals surface area contributed by atoms with E-state index in [0.29, 0.717) is 6.54 Å². The first kappa shape index (κ1) is 12.7. The van der Waals surface area contributed by atoms with Crippen molar-refractivity contribution in [3.63, 3.8) is 0 Å². The summed E-state index contributed by atoms with van der Waals surface area (Å²) in [5.41, 5.74) is 7.92. The summed E-state index contributed by atoms with van der Waals surface area (Å²) in [6.45, 7) is 6.23. The minimum atomic E-state index is 0.504. The number of rotatable bonds is 5. The van der Waals surface area contributed by atoms with Crippen molar-refractivity contribution in [2.75, 3.05) is 11.4 Å². The summed E-state index contributed by atoms with van der Waals surface area (Å²) in [7, 11) is 1.95. The number of hydrogen-bond acceptors (Lipinski definition) is 4. The van der Waals surface area contributed by atoms with Gasteiger partial charge in [0.1, 0.15) is 11.6 Å². The highest BCUT2D eigenvalue weighted by Crippen LogP contribution is 2.24. The van der Waals surface area contributed by atoms with Crippen molar-refractivity contribution in [3.05, 3.63) is 35.4 Å². The van der Waals surface area contributed by atoms with Gasteiger partial charge in [-0.2, -0.15) is 5.10 Å². The molecule has 0 saturated heterocycles. The van der Waals surface area contributed by atoms with E-state index in [0.717, 1.165) is 35.9 Å². The standard InChI is InChI=1S/C13H20N4O/c1-4-17(9-11-6-5-7-18-11)13-12(8-14)10(2)15-16(13)3/h5-7H,4,8-9,14H2,1-3H3. The second-order valence-electron chi connectivity index (χ2n) is 4.31. The van der Waals surface area contributed by atoms with Crippen LogP contribution in [0, 0.1) is 6.92 Å². The maximum Gasteiger partial charge on any atom is 0.131 e. The van der Waals surface area contributed by atoms with E-state index in [1.54, 1.807) is 6.26 Å². The molecule has 0 aliphatic heterocycles. The van der Waals surface area contributed by atoms with Crippen LogP contribution in [0.25, 0.3) is 0 Å². The summed E-state index contributed by atoms with van der Waals surface area (Å²) in [6.07, 6.45) is 1.70. The molecule has 0 aromatic carbocycles. The molecule has 0 amide bonds. The van der Waals surface area contributed by atoms with Gasteiger partial charge in [-0.3, -0.25) is 4.68 Å². The molecule has 0 radical (unpaired) electrons. The van der Waals surface area contributed by atoms with Crippen molar-refractivity contribution < 1.29 is 4.42 Å². The summed E-state index contributed by atoms with van der Waals surface area (Å²) >= 11 is 0. The quantitative estimate of drug-likeness (QED) is 0.876. The number of aryl methyl sites for hydroxylation is 2. The lowest BCUT2D eigenvalue weighted by Gasteiger charge is -2.23. The maximum atomic E-state index is 5.83. The average molecular weight is 248 g/mol. The lowest BCUT2D eigenvalue weighted by atomic mass is 10.2. The summed E-state index contributed by atoms with van der Waals surface area (Å²) in [5, 5.41) is 4.44. The van der Waals surface area contributed by atoms with E-state index in [1.165, 1.54) is 0 Å². The zero-order chi connectivity index (χ0) is 13.1. The van der Waals surface area contributed by atoms with Gasteiger partial charge in [0.25, 0.3) is 0 Å². The van der Waals surface area contributed by atoms with Gasteiger partial charge in [0.05, 0.1) is 18.5 Å². The van der Waals surface area contributed by atoms with Crippen LogP contribution in [0.4, 0.5) is 5.82 Å². The Morgan fingerprint density at radius 2 is 2.28 bits per heavy atom. The Bertz CT molecular complexity index is 501. The monoisotopic (exact) mass is 248 g/mol. The summed E-state index contributed by atoms with van der Waals surface area (Å²) in [4.78, 5) is 2.22. The molecule has 0 aliphatic rings. The molecule has 5 nitrogen and oxygen atoms in total. The molecule has 2 rings (SSSR count). The third-order valence-corrected chi connectivity index (χ3v) is 3.13. The molecule has 18 heavy (non-hydrogen) atoms. The number of hydrogen-bond donors (Lipinski definition) is 1. The second-order valence-corrected chi connectivity index (χ2v) is 4.31. The number of nitrogens with zero attached hydrogens (tertiary/aromatic N) is 3. The molecule has 0 fully saturated rings. The fraction of sp³-hybridized carbons (Fsp3) is 0.462. The third kappa shape index (κ3) is 2.26. The normalized spacial score (nSPS) is 10.9. The van der Waals surface area contributed by atoms with Crippen LogP contribution in [-0.4, -0.2) is 16.3 Å². The molecule has 0 atom stereocenters. The smallest absolute Gasteiger partial charge is 0.131 e. The zero-order valence-corrected chi connectivity index (χ0v) is 11.2. The molecular weight excluding hydrogens is 228 g/mol. The summed E-state index contributed by atoms with van der Waals surface area (Å²) in [6, 6.07) is 3.88. The Labute approximate surface area is 107 Å². The Morgan fingerprint density at radius 1 is 1.50 bits per heavy atom. The minimum Gasteiger partial charge on any atom is -0.467 e. The number of nitrogens with two attached hydrogens (primary N) is 1. The van der Waals surface area contributed by atoms with Crippen molar-refractivity contribution in [3.8, 4) is 0 Å². The highest BCUT2D eigenvalue weighted by atomic mass is 16.3. The van der Waals surface area contributed by atoms with E-state index >= 15 is 0 Å². The zero-order valence-electron chi connectivity index (χ0n) is 11.2. The molecule has 0 unspecified atom stereocenters. The highest BCUT2D eigenvalue weighted by molar-refractivity contribution is 5.50. The van der Waals surface area contributed by atoms with Crippen LogP contribution >= 0.6 is 0 Å². The predicted octanol–water partition coefficient (Wildman–Crippen LogP) is 1.81. The Morgan fingerprint density at radius 3 is 2.83 bits per heavy atom. The van der Waals surface area contributed by atoms with E-state index in [1.807, 2.05) is 30.8 Å². The molecule has 0 spiro atoms. The molecule has 0 bridgehead atoms. The van der Waals surface area contributed by atoms with Gasteiger partial charge >= 0.3 is 0 Å². The van der Waals surface area contributed by atoms with Crippen molar-refractivity contribution in [2.45, 2.75) is 26.9 Å². The van der Waals surface area contributed by atoms with Gasteiger partial charge in [0.2, 0.25) is 0 Å². The fourth-order valence-corrected chi connectivity index (χ4v) is 2.25. The van der Waals surface area contributed by atoms with E-state index in [4.69, 9.17) is 10.2 Å². The van der Waals surface area contributed by atoms with Gasteiger partial charge in [-0.1, -0.05) is 0 Å². The first-order valence-corrected chi connectivity index (χ1v) is 6.17. The Hall–Kier alpha value is -1.75. The molecular formula is C13H20N4O. The molecule has 98 valence electrons. The van der Waals surface area contributed by atoms with Gasteiger partial charge in [-0.05, 0) is 26.0 Å². The van der Waals surface area contributed by atoms with Crippen LogP contribution in [0.1, 0.15) is 23.9 Å². The van der Waals surface area contributed by atoms with Crippen LogP contribution in [-0.2, 0) is 20.1 Å². The van der Waals surface area contributed by atoms with Crippen LogP contribution in [0.2, 0.25) is 0 Å². The van der Waals surface area contributed by atoms with Crippen molar-refractivity contribution >= 4 is 5.82 Å². The SMILES string of the molecule is CCN(Cc1ccco1)c1c(CN)c(C)nn1C. The van der Waals surface area contributed by atoms with Gasteiger partial charge in [-0.15, -0.1) is 0 Å². The van der Waals surface area contributed by atoms with Crippen molar-refractivity contribution in [1.29, 1.82) is 0 Å². The van der Waals surface area contributed by atoms with Crippen LogP contribution < -0.4 is 10.6 Å². The van der Waals surface area contributed by atoms with E-state index < -0.39 is 0 Å². The van der Waals surface area contributed by atoms with Gasteiger partial charge in [-0.25, -0.2) is 0 Å². The predicted molar refractivity (Wildman–Crippen MR) is 71.3 cm³/mol. The first-order chi connectivity index (χ1) is 8.67. The number of furan rings is 1. The van der Waals surface area contributed by atoms with Crippen molar-refractivity contribution in [1.82, 2.24) is 9.78 Å². The van der Waals surface area contributed by atoms with Gasteiger partial charge in [0, 0.05) is 25.7 Å². The van der Waals surface area contributed by atoms with Crippen LogP contribution in [0.15, 0.2) is 22.8 Å². The lowest BCUT2D eigenvalue weighted by Crippen LogP contribution is -2.25. The van der Waals surface area contributed by atoms with Crippen molar-refractivity contribution in [2.24, 2.45) is 12.8 Å². The molecule has 5 heteroatoms. The first-order valence-electron chi connectivity index (χ1n) is 6.17. The molecule has 2 aromatic heterocycles. The second kappa shape index (κ2) is 5.27. The third-order valence-electron chi connectivity index (χ3n) is 3.13. The van der Waals surface area contributed by atoms with Crippen LogP contribution in [0.3, 0.4) is 0 Å². The lowest BCUT2D eigenvalue weighted by molar-refractivity contribution is 0.500. The molecule has 0 saturated carbocycles. The highest BCUT2D eigenvalue weighted by Gasteiger charge is 2.18. The maximum absolute atomic E-state index is 5.83. The Kier molecular flexibility index (Phi) is 3.72. The van der Waals surface area contributed by atoms with E-state index in [9.17, 15) is 0 Å². The summed E-state index contributed by atoms with van der Waals surface area (Å²) < 4.78 is 7.30. The minimum absolute atomic E-state index is 0.504. The summed E-state index contributed by atoms with van der Waals surface area (Å²) in [5.74, 6) is 2.02. The van der Waals surface area contributed by atoms with Gasteiger partial charge in [0.15, 0.2) is 0 Å². The van der Waals surface area contributed by atoms with Crippen LogP contribution in [0.5, 0.6) is 0 Å². The topological polar surface area (TPSA) is 60.2 Å². The van der Waals surface area contributed by atoms with E-state index in [-0.39, 0.29) is 0 Å². The molecule has 0 aliphatic carbocycles. The molecule has 2 heterocycles. The van der Waals surface area contributed by atoms with Gasteiger partial charge < -0.3 is 15.1 Å². The molecule has 2 aromatic rings. The average Bonchev–Trinajstić information content (AvgIpc) is 2.94. The van der Waals surface area contributed by atoms with E-state index in [2.05, 4.69) is 16.9 Å². The Balaban J connectivity index is 2.32. The largest absolute Gasteiger partial charge is 0.467 e. The number of aromatic nitrogens is 2. The fourth-order valence-electron chi connectivity index (χ4n) is 2.25. The molecule has 2 N–H and O–H groups in total. The number of anilines is 1.